The molecule has 9 nitrogen and oxygen atoms in total. The Balaban J connectivity index is 2.24. The van der Waals surface area contributed by atoms with Gasteiger partial charge in [0.15, 0.2) is 0 Å². The van der Waals surface area contributed by atoms with Gasteiger partial charge in [-0.1, -0.05) is 44.2 Å². The van der Waals surface area contributed by atoms with Gasteiger partial charge in [0.05, 0.1) is 5.56 Å². The highest BCUT2D eigenvalue weighted by Gasteiger charge is 2.32. The Kier molecular flexibility index (Phi) is 9.50. The first-order chi connectivity index (χ1) is 16.4. The summed E-state index contributed by atoms with van der Waals surface area (Å²) in [5.74, 6) is -2.86. The van der Waals surface area contributed by atoms with Crippen LogP contribution in [0.5, 0.6) is 5.88 Å². The normalized spacial score (nSPS) is 13.0. The van der Waals surface area contributed by atoms with Crippen molar-refractivity contribution in [1.29, 1.82) is 0 Å². The lowest BCUT2D eigenvalue weighted by Gasteiger charge is -2.25. The van der Waals surface area contributed by atoms with E-state index in [9.17, 15) is 24.3 Å². The van der Waals surface area contributed by atoms with Crippen molar-refractivity contribution in [2.45, 2.75) is 65.1 Å². The zero-order valence-electron chi connectivity index (χ0n) is 20.8. The summed E-state index contributed by atoms with van der Waals surface area (Å²) in [6, 6.07) is 9.65. The van der Waals surface area contributed by atoms with E-state index < -0.39 is 41.1 Å². The third-order valence-corrected chi connectivity index (χ3v) is 4.97. The monoisotopic (exact) mass is 482 g/mol. The maximum atomic E-state index is 13.2. The minimum Gasteiger partial charge on any atom is -0.493 e. The minimum atomic E-state index is -1.12. The molecule has 35 heavy (non-hydrogen) atoms. The number of hydrogen-bond donors (Lipinski definition) is 4. The second-order valence-corrected chi connectivity index (χ2v) is 9.88. The Morgan fingerprint density at radius 1 is 0.943 bits per heavy atom. The van der Waals surface area contributed by atoms with Gasteiger partial charge in [-0.15, -0.1) is 0 Å². The number of nitrogens with zero attached hydrogens (tertiary/aromatic N) is 1. The Morgan fingerprint density at radius 2 is 1.60 bits per heavy atom. The quantitative estimate of drug-likeness (QED) is 0.383. The van der Waals surface area contributed by atoms with Gasteiger partial charge in [0.2, 0.25) is 17.6 Å². The van der Waals surface area contributed by atoms with Crippen LogP contribution in [0.25, 0.3) is 0 Å². The van der Waals surface area contributed by atoms with Crippen molar-refractivity contribution in [2.75, 3.05) is 0 Å². The molecule has 0 saturated carbocycles. The van der Waals surface area contributed by atoms with Crippen LogP contribution in [0.2, 0.25) is 0 Å². The zero-order valence-corrected chi connectivity index (χ0v) is 20.8. The molecule has 1 aromatic heterocycles. The largest absolute Gasteiger partial charge is 0.493 e. The molecular formula is C26H34N4O5. The summed E-state index contributed by atoms with van der Waals surface area (Å²) in [6.07, 6.45) is 1.63. The fraction of sp³-hybridized carbons (Fsp3) is 0.423. The first-order valence-electron chi connectivity index (χ1n) is 11.5. The van der Waals surface area contributed by atoms with Crippen molar-refractivity contribution >= 4 is 23.5 Å². The van der Waals surface area contributed by atoms with Crippen molar-refractivity contribution in [1.82, 2.24) is 20.9 Å². The van der Waals surface area contributed by atoms with E-state index in [4.69, 9.17) is 0 Å². The van der Waals surface area contributed by atoms with E-state index in [1.54, 1.807) is 45.0 Å². The number of rotatable bonds is 10. The molecule has 9 heteroatoms. The van der Waals surface area contributed by atoms with Gasteiger partial charge in [-0.3, -0.25) is 19.2 Å². The summed E-state index contributed by atoms with van der Waals surface area (Å²) in [5, 5.41) is 17.3. The fourth-order valence-corrected chi connectivity index (χ4v) is 3.36. The Labute approximate surface area is 205 Å². The number of carbonyl (C=O) groups excluding carboxylic acids is 4. The molecule has 0 saturated heterocycles. The molecule has 2 rings (SSSR count). The molecular weight excluding hydrogens is 448 g/mol. The summed E-state index contributed by atoms with van der Waals surface area (Å²) in [7, 11) is 0. The van der Waals surface area contributed by atoms with Gasteiger partial charge in [-0.2, -0.15) is 0 Å². The summed E-state index contributed by atoms with van der Waals surface area (Å²) in [6.45, 7) is 9.08. The first-order valence-corrected chi connectivity index (χ1v) is 11.5. The van der Waals surface area contributed by atoms with Crippen molar-refractivity contribution in [3.05, 3.63) is 59.8 Å². The highest BCUT2D eigenvalue weighted by atomic mass is 16.3. The minimum absolute atomic E-state index is 0.0523. The number of pyridine rings is 1. The Bertz CT molecular complexity index is 1030. The van der Waals surface area contributed by atoms with Crippen molar-refractivity contribution in [3.8, 4) is 5.88 Å². The molecule has 2 atom stereocenters. The summed E-state index contributed by atoms with van der Waals surface area (Å²) in [4.78, 5) is 55.3. The predicted octanol–water partition coefficient (Wildman–Crippen LogP) is 2.14. The van der Waals surface area contributed by atoms with Crippen LogP contribution in [-0.2, 0) is 20.8 Å². The van der Waals surface area contributed by atoms with Crippen molar-refractivity contribution in [2.24, 2.45) is 5.92 Å². The van der Waals surface area contributed by atoms with Crippen molar-refractivity contribution < 1.29 is 24.3 Å². The predicted molar refractivity (Wildman–Crippen MR) is 132 cm³/mol. The van der Waals surface area contributed by atoms with Crippen LogP contribution in [-0.4, -0.2) is 51.2 Å². The van der Waals surface area contributed by atoms with Gasteiger partial charge in [-0.05, 0) is 44.7 Å². The standard InChI is InChI=1S/C26H34N4O5/c1-16(2)13-20(29-23(33)18-11-12-21(31)27-15-18)24(34)28-19(14-17-9-7-6-8-10-17)22(32)25(35)30-26(3,4)5/h6-12,15-16,19-20H,13-14H2,1-5H3,(H,27,31)(H,28,34)(H,29,33)(H,30,35)/t19?,20-/m0/s1. The smallest absolute Gasteiger partial charge is 0.290 e. The Hall–Kier alpha value is -3.75. The summed E-state index contributed by atoms with van der Waals surface area (Å²) < 4.78 is 0. The van der Waals surface area contributed by atoms with Crippen LogP contribution in [0, 0.1) is 5.92 Å². The number of nitrogens with one attached hydrogen (secondary N) is 3. The summed E-state index contributed by atoms with van der Waals surface area (Å²) in [5.41, 5.74) is 0.320. The van der Waals surface area contributed by atoms with Gasteiger partial charge in [0.25, 0.3) is 11.8 Å². The molecule has 0 fully saturated rings. The van der Waals surface area contributed by atoms with E-state index in [0.29, 0.717) is 6.42 Å². The average Bonchev–Trinajstić information content (AvgIpc) is 2.77. The zero-order chi connectivity index (χ0) is 26.2. The molecule has 1 unspecified atom stereocenters. The second kappa shape index (κ2) is 12.1. The van der Waals surface area contributed by atoms with Crippen LogP contribution in [0.1, 0.15) is 57.0 Å². The van der Waals surface area contributed by atoms with Gasteiger partial charge in [0, 0.05) is 24.2 Å². The van der Waals surface area contributed by atoms with Crippen LogP contribution >= 0.6 is 0 Å². The van der Waals surface area contributed by atoms with Crippen molar-refractivity contribution in [3.63, 3.8) is 0 Å². The number of hydrogen-bond acceptors (Lipinski definition) is 6. The molecule has 188 valence electrons. The molecule has 0 radical (unpaired) electrons. The second-order valence-electron chi connectivity index (χ2n) is 9.88. The Morgan fingerprint density at radius 3 is 2.14 bits per heavy atom. The SMILES string of the molecule is CC(C)C[C@H](NC(=O)c1ccc(O)nc1)C(=O)NC(Cc1ccccc1)C(=O)C(=O)NC(C)(C)C. The number of aromatic hydroxyl groups is 1. The van der Waals surface area contributed by atoms with E-state index >= 15 is 0 Å². The van der Waals surface area contributed by atoms with E-state index in [1.807, 2.05) is 19.9 Å². The molecule has 0 spiro atoms. The van der Waals surface area contributed by atoms with Crippen LogP contribution in [0.4, 0.5) is 0 Å². The highest BCUT2D eigenvalue weighted by molar-refractivity contribution is 6.38. The molecule has 0 aliphatic rings. The number of carbonyl (C=O) groups is 4. The number of Topliss-reactive ketones (excluding diaryl/α,β-unsaturated/α-hetero) is 1. The van der Waals surface area contributed by atoms with E-state index in [1.165, 1.54) is 18.3 Å². The van der Waals surface area contributed by atoms with Gasteiger partial charge in [-0.25, -0.2) is 4.98 Å². The van der Waals surface area contributed by atoms with Gasteiger partial charge >= 0.3 is 0 Å². The molecule has 1 heterocycles. The average molecular weight is 483 g/mol. The number of aromatic nitrogens is 1. The molecule has 2 aromatic rings. The molecule has 0 bridgehead atoms. The third-order valence-electron chi connectivity index (χ3n) is 4.97. The molecule has 1 aromatic carbocycles. The first kappa shape index (κ1) is 27.5. The van der Waals surface area contributed by atoms with Crippen LogP contribution in [0.15, 0.2) is 48.7 Å². The molecule has 4 N–H and O–H groups in total. The van der Waals surface area contributed by atoms with Crippen LogP contribution < -0.4 is 16.0 Å². The van der Waals surface area contributed by atoms with E-state index in [2.05, 4.69) is 20.9 Å². The lowest BCUT2D eigenvalue weighted by Crippen LogP contribution is -2.56. The third kappa shape index (κ3) is 9.19. The van der Waals surface area contributed by atoms with Gasteiger partial charge in [0.1, 0.15) is 12.1 Å². The lowest BCUT2D eigenvalue weighted by molar-refractivity contribution is -0.141. The van der Waals surface area contributed by atoms with Crippen LogP contribution in [0.3, 0.4) is 0 Å². The molecule has 0 aliphatic carbocycles. The number of amides is 3. The highest BCUT2D eigenvalue weighted by Crippen LogP contribution is 2.11. The topological polar surface area (TPSA) is 137 Å². The number of ketones is 1. The van der Waals surface area contributed by atoms with E-state index in [0.717, 1.165) is 5.56 Å². The lowest BCUT2D eigenvalue weighted by atomic mass is 9.98. The maximum absolute atomic E-state index is 13.2. The van der Waals surface area contributed by atoms with Gasteiger partial charge < -0.3 is 21.1 Å². The fourth-order valence-electron chi connectivity index (χ4n) is 3.36. The summed E-state index contributed by atoms with van der Waals surface area (Å²) >= 11 is 0. The molecule has 3 amide bonds. The number of benzene rings is 1. The maximum Gasteiger partial charge on any atom is 0.290 e. The molecule has 0 aliphatic heterocycles. The van der Waals surface area contributed by atoms with E-state index in [-0.39, 0.29) is 23.8 Å².